The Bertz CT molecular complexity index is 2060. The number of carbonyl (C=O) groups excluding carboxylic acids is 1. The van der Waals surface area contributed by atoms with Gasteiger partial charge in [-0.25, -0.2) is 0 Å². The molecule has 10 rings (SSSR count). The van der Waals surface area contributed by atoms with Crippen LogP contribution in [-0.4, -0.2) is 65.9 Å². The van der Waals surface area contributed by atoms with E-state index in [4.69, 9.17) is 14.2 Å². The van der Waals surface area contributed by atoms with Gasteiger partial charge in [0.15, 0.2) is 6.23 Å². The quantitative estimate of drug-likeness (QED) is 0.205. The number of amides is 1. The molecule has 0 aromatic heterocycles. The lowest BCUT2D eigenvalue weighted by atomic mass is 9.43. The summed E-state index contributed by atoms with van der Waals surface area (Å²) in [6, 6.07) is 3.39. The molecule has 5 N–H and O–H groups in total. The van der Waals surface area contributed by atoms with Gasteiger partial charge in [-0.05, 0) is 97.1 Å². The predicted molar refractivity (Wildman–Crippen MR) is 207 cm³/mol. The average Bonchev–Trinajstić information content (AvgIpc) is 3.91. The van der Waals surface area contributed by atoms with Crippen LogP contribution in [0.5, 0.6) is 23.0 Å². The maximum absolute atomic E-state index is 14.6. The fourth-order valence-electron chi connectivity index (χ4n) is 15.1. The lowest BCUT2D eigenvalue weighted by Crippen LogP contribution is -2.69. The van der Waals surface area contributed by atoms with Crippen molar-refractivity contribution in [2.45, 2.75) is 162 Å². The third-order valence-corrected chi connectivity index (χ3v) is 18.3. The van der Waals surface area contributed by atoms with E-state index in [1.165, 1.54) is 0 Å². The van der Waals surface area contributed by atoms with Crippen molar-refractivity contribution >= 4 is 5.91 Å². The Morgan fingerprint density at radius 3 is 2.00 bits per heavy atom. The van der Waals surface area contributed by atoms with Gasteiger partial charge in [-0.15, -0.1) is 0 Å². The van der Waals surface area contributed by atoms with Crippen LogP contribution in [0.15, 0.2) is 12.1 Å². The van der Waals surface area contributed by atoms with Crippen LogP contribution in [0.2, 0.25) is 0 Å². The highest BCUT2D eigenvalue weighted by atomic mass is 16.5. The van der Waals surface area contributed by atoms with Crippen molar-refractivity contribution in [3.05, 3.63) is 45.5 Å². The van der Waals surface area contributed by atoms with Crippen molar-refractivity contribution in [3.63, 3.8) is 0 Å². The van der Waals surface area contributed by atoms with E-state index >= 15 is 0 Å². The van der Waals surface area contributed by atoms with E-state index in [0.29, 0.717) is 48.3 Å². The van der Waals surface area contributed by atoms with Crippen molar-refractivity contribution in [1.82, 2.24) is 4.90 Å². The molecule has 0 radical (unpaired) electrons. The first-order valence-electron chi connectivity index (χ1n) is 21.3. The summed E-state index contributed by atoms with van der Waals surface area (Å²) in [5, 5.41) is 56.9. The summed E-state index contributed by atoms with van der Waals surface area (Å²) in [4.78, 5) is 16.3. The second kappa shape index (κ2) is 11.4. The monoisotopic (exact) mass is 771 g/mol. The Labute approximate surface area is 330 Å². The molecule has 304 valence electrons. The van der Waals surface area contributed by atoms with E-state index in [1.54, 1.807) is 17.0 Å². The predicted octanol–water partition coefficient (Wildman–Crippen LogP) is 7.07. The van der Waals surface area contributed by atoms with E-state index in [1.807, 2.05) is 0 Å². The highest BCUT2D eigenvalue weighted by molar-refractivity contribution is 6.00. The van der Waals surface area contributed by atoms with E-state index in [0.717, 1.165) is 54.4 Å². The maximum Gasteiger partial charge on any atom is 0.257 e. The summed E-state index contributed by atoms with van der Waals surface area (Å²) in [6.45, 7) is 17.9. The topological polar surface area (TPSA) is 149 Å². The van der Waals surface area contributed by atoms with Crippen LogP contribution >= 0.6 is 0 Å². The number of benzene rings is 2. The third kappa shape index (κ3) is 4.25. The third-order valence-electron chi connectivity index (χ3n) is 18.3. The smallest absolute Gasteiger partial charge is 0.257 e. The number of hydrogen-bond acceptors (Lipinski definition) is 9. The first-order valence-corrected chi connectivity index (χ1v) is 21.3. The Kier molecular flexibility index (Phi) is 7.55. The number of aliphatic hydroxyl groups is 3. The van der Waals surface area contributed by atoms with Crippen molar-refractivity contribution in [3.8, 4) is 23.0 Å². The maximum atomic E-state index is 14.6. The SMILES string of the molecule is C[C@@H]1CC[C@H]2C(C)(C)[C@H](O)CC[C@]2(C)[C@@]12Cc1c(O)cc3c(c1O2)[C@@H](N1Cc2c(cc(O)c4c2O[C@]2(C4)[C@H](C)CC[C@H]4C(C)(C)[C@H](O)[C@H](O)C[C@@]42C)C1=O)OC3. The largest absolute Gasteiger partial charge is 0.508 e. The molecule has 4 fully saturated rings. The van der Waals surface area contributed by atoms with Gasteiger partial charge in [-0.3, -0.25) is 4.79 Å². The van der Waals surface area contributed by atoms with Crippen molar-refractivity contribution in [2.75, 3.05) is 0 Å². The fourth-order valence-corrected chi connectivity index (χ4v) is 15.1. The standard InChI is InChI=1S/C46H61NO9/c1-22-9-11-32-41(3,4)34(51)13-14-43(32,7)45(22)18-27-29(48)15-24-21-54-40(35(24)37(27)56-45)47-20-28-25(39(47)53)16-30(49)26-17-46(55-36(26)28)23(2)10-12-33-42(5,6)38(52)31(50)19-44(33,46)8/h15-16,22-23,31-34,38,40,48-52H,9-14,17-21H2,1-8H3/t22-,23-,31-,32+,33+,34-,38-,40+,43+,44+,45-,46-/m1/s1. The molecule has 4 saturated carbocycles. The molecule has 10 nitrogen and oxygen atoms in total. The second-order valence-corrected chi connectivity index (χ2v) is 21.2. The van der Waals surface area contributed by atoms with Crippen LogP contribution in [0.1, 0.15) is 145 Å². The molecule has 1 amide bonds. The van der Waals surface area contributed by atoms with Gasteiger partial charge >= 0.3 is 0 Å². The van der Waals surface area contributed by atoms with Crippen molar-refractivity contribution in [2.24, 2.45) is 45.3 Å². The van der Waals surface area contributed by atoms with Gasteiger partial charge in [0.2, 0.25) is 0 Å². The van der Waals surface area contributed by atoms with Gasteiger partial charge in [-0.2, -0.15) is 0 Å². The molecular weight excluding hydrogens is 711 g/mol. The molecule has 10 heteroatoms. The molecule has 2 aromatic rings. The van der Waals surface area contributed by atoms with Gasteiger partial charge in [0.05, 0.1) is 37.0 Å². The first-order chi connectivity index (χ1) is 26.2. The summed E-state index contributed by atoms with van der Waals surface area (Å²) < 4.78 is 21.2. The lowest BCUT2D eigenvalue weighted by molar-refractivity contribution is -0.240. The minimum Gasteiger partial charge on any atom is -0.508 e. The highest BCUT2D eigenvalue weighted by Crippen LogP contribution is 2.69. The summed E-state index contributed by atoms with van der Waals surface area (Å²) in [7, 11) is 0. The zero-order chi connectivity index (χ0) is 39.9. The van der Waals surface area contributed by atoms with Crippen LogP contribution in [0.25, 0.3) is 0 Å². The summed E-state index contributed by atoms with van der Waals surface area (Å²) in [5.74, 6) is 1.78. The number of rotatable bonds is 1. The van der Waals surface area contributed by atoms with Crippen LogP contribution in [0.4, 0.5) is 0 Å². The van der Waals surface area contributed by atoms with Gasteiger partial charge in [0.1, 0.15) is 34.2 Å². The molecule has 8 aliphatic rings. The number of phenolic OH excluding ortho intramolecular Hbond substituents is 2. The highest BCUT2D eigenvalue weighted by Gasteiger charge is 2.70. The molecule has 4 aliphatic heterocycles. The van der Waals surface area contributed by atoms with Gasteiger partial charge in [0, 0.05) is 45.9 Å². The Morgan fingerprint density at radius 1 is 0.732 bits per heavy atom. The first kappa shape index (κ1) is 37.2. The zero-order valence-corrected chi connectivity index (χ0v) is 34.4. The summed E-state index contributed by atoms with van der Waals surface area (Å²) >= 11 is 0. The Balaban J connectivity index is 1.01. The van der Waals surface area contributed by atoms with Crippen LogP contribution in [0.3, 0.4) is 0 Å². The zero-order valence-electron chi connectivity index (χ0n) is 34.4. The average molecular weight is 772 g/mol. The van der Waals surface area contributed by atoms with Gasteiger partial charge in [0.25, 0.3) is 5.91 Å². The molecule has 56 heavy (non-hydrogen) atoms. The molecule has 4 aliphatic carbocycles. The Morgan fingerprint density at radius 2 is 1.32 bits per heavy atom. The number of carbonyl (C=O) groups is 1. The summed E-state index contributed by atoms with van der Waals surface area (Å²) in [5.41, 5.74) is 1.26. The molecule has 2 aromatic carbocycles. The van der Waals surface area contributed by atoms with Crippen molar-refractivity contribution in [1.29, 1.82) is 0 Å². The van der Waals surface area contributed by atoms with Crippen LogP contribution < -0.4 is 9.47 Å². The lowest BCUT2D eigenvalue weighted by Gasteiger charge is -2.64. The molecule has 4 heterocycles. The van der Waals surface area contributed by atoms with Crippen LogP contribution in [0, 0.1) is 45.3 Å². The number of ether oxygens (including phenoxy) is 3. The molecule has 0 bridgehead atoms. The normalized spacial score (nSPS) is 43.8. The number of nitrogens with zero attached hydrogens (tertiary/aromatic N) is 1. The molecule has 12 atom stereocenters. The van der Waals surface area contributed by atoms with Crippen LogP contribution in [-0.2, 0) is 30.7 Å². The fraction of sp³-hybridized carbons (Fsp3) is 0.717. The van der Waals surface area contributed by atoms with E-state index < -0.39 is 40.5 Å². The van der Waals surface area contributed by atoms with Crippen molar-refractivity contribution < 1.29 is 44.5 Å². The van der Waals surface area contributed by atoms with E-state index in [-0.39, 0.29) is 71.2 Å². The molecule has 2 spiro atoms. The number of phenols is 2. The number of aromatic hydroxyl groups is 2. The minimum absolute atomic E-state index is 0.0397. The van der Waals surface area contributed by atoms with Gasteiger partial charge in [-0.1, -0.05) is 55.4 Å². The van der Waals surface area contributed by atoms with E-state index in [9.17, 15) is 30.3 Å². The second-order valence-electron chi connectivity index (χ2n) is 21.2. The summed E-state index contributed by atoms with van der Waals surface area (Å²) in [6.07, 6.45) is 3.80. The minimum atomic E-state index is -0.902. The van der Waals surface area contributed by atoms with E-state index in [2.05, 4.69) is 55.4 Å². The van der Waals surface area contributed by atoms with Gasteiger partial charge < -0.3 is 44.6 Å². The number of hydrogen-bond donors (Lipinski definition) is 5. The molecule has 0 unspecified atom stereocenters. The number of aliphatic hydroxyl groups excluding tert-OH is 3. The molecular formula is C46H61NO9. The number of fused-ring (bicyclic) bond motifs is 10. The Hall–Kier alpha value is -3.05. The molecule has 0 saturated heterocycles.